The number of nitrogens with zero attached hydrogens (tertiary/aromatic N) is 1. The second-order valence-electron chi connectivity index (χ2n) is 4.26. The average Bonchev–Trinajstić information content (AvgIpc) is 2.66. The Bertz CT molecular complexity index is 464. The van der Waals surface area contributed by atoms with Crippen LogP contribution in [-0.4, -0.2) is 17.8 Å². The van der Waals surface area contributed by atoms with Gasteiger partial charge in [0, 0.05) is 18.3 Å². The first-order chi connectivity index (χ1) is 8.04. The lowest BCUT2D eigenvalue weighted by atomic mass is 10.1. The smallest absolute Gasteiger partial charge is 0.227 e. The molecule has 0 N–H and O–H groups in total. The number of aryl methyl sites for hydroxylation is 1. The van der Waals surface area contributed by atoms with Gasteiger partial charge < -0.3 is 4.90 Å². The molecule has 2 rings (SSSR count). The fraction of sp³-hybridized carbons (Fsp3) is 0.417. The van der Waals surface area contributed by atoms with Crippen LogP contribution < -0.4 is 4.90 Å². The molecule has 2 nitrogen and oxygen atoms in total. The Morgan fingerprint density at radius 1 is 1.47 bits per heavy atom. The number of alkyl halides is 1. The monoisotopic (exact) mass is 335 g/mol. The molecular formula is C12H12BrCl2NO. The summed E-state index contributed by atoms with van der Waals surface area (Å²) in [6.07, 6.45) is 0.547. The molecule has 5 heteroatoms. The van der Waals surface area contributed by atoms with E-state index in [0.29, 0.717) is 34.6 Å². The van der Waals surface area contributed by atoms with Crippen molar-refractivity contribution in [2.75, 3.05) is 16.8 Å². The first kappa shape index (κ1) is 13.2. The highest BCUT2D eigenvalue weighted by Crippen LogP contribution is 2.39. The van der Waals surface area contributed by atoms with Crippen molar-refractivity contribution in [1.29, 1.82) is 0 Å². The minimum Gasteiger partial charge on any atom is -0.309 e. The maximum Gasteiger partial charge on any atom is 0.227 e. The zero-order valence-electron chi connectivity index (χ0n) is 9.34. The van der Waals surface area contributed by atoms with Gasteiger partial charge in [0.1, 0.15) is 0 Å². The summed E-state index contributed by atoms with van der Waals surface area (Å²) in [5.41, 5.74) is 1.59. The van der Waals surface area contributed by atoms with Crippen molar-refractivity contribution in [1.82, 2.24) is 0 Å². The van der Waals surface area contributed by atoms with Crippen LogP contribution in [0.25, 0.3) is 0 Å². The molecule has 1 amide bonds. The normalized spacial score (nSPS) is 20.1. The molecule has 1 aliphatic heterocycles. The predicted molar refractivity (Wildman–Crippen MR) is 75.5 cm³/mol. The van der Waals surface area contributed by atoms with Gasteiger partial charge in [0.15, 0.2) is 0 Å². The lowest BCUT2D eigenvalue weighted by Crippen LogP contribution is -2.25. The molecular weight excluding hydrogens is 325 g/mol. The number of benzene rings is 1. The molecule has 0 saturated carbocycles. The molecule has 92 valence electrons. The molecule has 0 aromatic heterocycles. The van der Waals surface area contributed by atoms with Crippen molar-refractivity contribution in [3.63, 3.8) is 0 Å². The maximum atomic E-state index is 11.9. The molecule has 0 radical (unpaired) electrons. The van der Waals surface area contributed by atoms with Gasteiger partial charge in [-0.2, -0.15) is 0 Å². The summed E-state index contributed by atoms with van der Waals surface area (Å²) < 4.78 is 0. The number of anilines is 1. The van der Waals surface area contributed by atoms with E-state index in [2.05, 4.69) is 15.9 Å². The summed E-state index contributed by atoms with van der Waals surface area (Å²) in [6.45, 7) is 2.58. The van der Waals surface area contributed by atoms with E-state index in [4.69, 9.17) is 23.2 Å². The third-order valence-electron chi connectivity index (χ3n) is 2.95. The van der Waals surface area contributed by atoms with E-state index in [0.717, 1.165) is 10.9 Å². The van der Waals surface area contributed by atoms with Crippen molar-refractivity contribution in [2.24, 2.45) is 5.92 Å². The van der Waals surface area contributed by atoms with Crippen LogP contribution in [-0.2, 0) is 4.79 Å². The van der Waals surface area contributed by atoms with Crippen LogP contribution in [0.1, 0.15) is 12.0 Å². The molecule has 17 heavy (non-hydrogen) atoms. The summed E-state index contributed by atoms with van der Waals surface area (Å²) in [6, 6.07) is 3.64. The summed E-state index contributed by atoms with van der Waals surface area (Å²) in [4.78, 5) is 13.6. The van der Waals surface area contributed by atoms with Crippen LogP contribution in [0.3, 0.4) is 0 Å². The Morgan fingerprint density at radius 3 is 2.76 bits per heavy atom. The van der Waals surface area contributed by atoms with Crippen LogP contribution in [0.5, 0.6) is 0 Å². The molecule has 0 aliphatic carbocycles. The zero-order chi connectivity index (χ0) is 12.6. The summed E-state index contributed by atoms with van der Waals surface area (Å²) in [5.74, 6) is 0.416. The van der Waals surface area contributed by atoms with E-state index >= 15 is 0 Å². The van der Waals surface area contributed by atoms with E-state index in [9.17, 15) is 4.79 Å². The van der Waals surface area contributed by atoms with Crippen LogP contribution in [0, 0.1) is 12.8 Å². The molecule has 1 aromatic rings. The van der Waals surface area contributed by atoms with E-state index < -0.39 is 0 Å². The topological polar surface area (TPSA) is 20.3 Å². The van der Waals surface area contributed by atoms with Crippen molar-refractivity contribution in [3.8, 4) is 0 Å². The molecule has 1 heterocycles. The van der Waals surface area contributed by atoms with Gasteiger partial charge in [0.2, 0.25) is 5.91 Å². The van der Waals surface area contributed by atoms with E-state index in [1.807, 2.05) is 13.0 Å². The first-order valence-corrected chi connectivity index (χ1v) is 7.23. The largest absolute Gasteiger partial charge is 0.309 e. The van der Waals surface area contributed by atoms with Crippen LogP contribution in [0.4, 0.5) is 5.69 Å². The molecule has 0 spiro atoms. The minimum atomic E-state index is 0.0869. The van der Waals surface area contributed by atoms with Gasteiger partial charge >= 0.3 is 0 Å². The fourth-order valence-corrected chi connectivity index (χ4v) is 3.00. The lowest BCUT2D eigenvalue weighted by Gasteiger charge is -2.20. The Hall–Kier alpha value is -0.250. The third kappa shape index (κ3) is 2.47. The number of rotatable bonds is 2. The quantitative estimate of drug-likeness (QED) is 0.746. The van der Waals surface area contributed by atoms with Crippen LogP contribution in [0.15, 0.2) is 12.1 Å². The van der Waals surface area contributed by atoms with Gasteiger partial charge in [-0.1, -0.05) is 45.2 Å². The summed E-state index contributed by atoms with van der Waals surface area (Å²) in [5, 5.41) is 1.92. The standard InChI is InChI=1S/C12H12BrCl2NO/c1-7-2-3-9(14)12(11(7)15)16-6-8(5-13)4-10(16)17/h2-3,8H,4-6H2,1H3. The molecule has 1 unspecified atom stereocenters. The summed E-state index contributed by atoms with van der Waals surface area (Å²) in [7, 11) is 0. The highest BCUT2D eigenvalue weighted by molar-refractivity contribution is 9.09. The van der Waals surface area contributed by atoms with Crippen molar-refractivity contribution >= 4 is 50.7 Å². The second-order valence-corrected chi connectivity index (χ2v) is 5.69. The lowest BCUT2D eigenvalue weighted by molar-refractivity contribution is -0.117. The third-order valence-corrected chi connectivity index (χ3v) is 4.65. The first-order valence-electron chi connectivity index (χ1n) is 5.35. The number of hydrogen-bond donors (Lipinski definition) is 0. The number of carbonyl (C=O) groups is 1. The Morgan fingerprint density at radius 2 is 2.18 bits per heavy atom. The Kier molecular flexibility index (Phi) is 4.01. The van der Waals surface area contributed by atoms with Crippen molar-refractivity contribution in [2.45, 2.75) is 13.3 Å². The van der Waals surface area contributed by atoms with Gasteiger partial charge in [-0.3, -0.25) is 4.79 Å². The fourth-order valence-electron chi connectivity index (χ4n) is 1.99. The number of halogens is 3. The van der Waals surface area contributed by atoms with E-state index in [1.54, 1.807) is 11.0 Å². The molecule has 1 atom stereocenters. The Balaban J connectivity index is 2.41. The number of carbonyl (C=O) groups excluding carboxylic acids is 1. The predicted octanol–water partition coefficient (Wildman–Crippen LogP) is 4.05. The summed E-state index contributed by atoms with van der Waals surface area (Å²) >= 11 is 15.8. The maximum absolute atomic E-state index is 11.9. The minimum absolute atomic E-state index is 0.0869. The van der Waals surface area contributed by atoms with Crippen molar-refractivity contribution in [3.05, 3.63) is 27.7 Å². The SMILES string of the molecule is Cc1ccc(Cl)c(N2CC(CBr)CC2=O)c1Cl. The Labute approximate surface area is 119 Å². The van der Waals surface area contributed by atoms with Crippen LogP contribution in [0.2, 0.25) is 10.0 Å². The van der Waals surface area contributed by atoms with Gasteiger partial charge in [0.25, 0.3) is 0 Å². The second kappa shape index (κ2) is 5.17. The van der Waals surface area contributed by atoms with Gasteiger partial charge in [-0.05, 0) is 24.5 Å². The molecule has 1 aromatic carbocycles. The van der Waals surface area contributed by atoms with Gasteiger partial charge in [-0.25, -0.2) is 0 Å². The van der Waals surface area contributed by atoms with Gasteiger partial charge in [0.05, 0.1) is 15.7 Å². The molecule has 1 fully saturated rings. The number of amides is 1. The van der Waals surface area contributed by atoms with Gasteiger partial charge in [-0.15, -0.1) is 0 Å². The molecule has 1 saturated heterocycles. The number of hydrogen-bond acceptors (Lipinski definition) is 1. The van der Waals surface area contributed by atoms with Crippen molar-refractivity contribution < 1.29 is 4.79 Å². The highest BCUT2D eigenvalue weighted by Gasteiger charge is 2.32. The van der Waals surface area contributed by atoms with E-state index in [-0.39, 0.29) is 5.91 Å². The highest BCUT2D eigenvalue weighted by atomic mass is 79.9. The molecule has 1 aliphatic rings. The van der Waals surface area contributed by atoms with Crippen LogP contribution >= 0.6 is 39.1 Å². The zero-order valence-corrected chi connectivity index (χ0v) is 12.4. The van der Waals surface area contributed by atoms with E-state index in [1.165, 1.54) is 0 Å². The molecule has 0 bridgehead atoms. The average molecular weight is 337 g/mol.